The standard InChI is InChI=1S/C21H23NO5S/c1-12-7-16(24)20-17(25)8-18(26-11-14-3-2-6-28-14)19(21(20)27-12)15-4-5-22-9-13(15)10-23/h2-3,6-8,13,15,22-23,25H,4-5,9-11H2,1H3. The van der Waals surface area contributed by atoms with Crippen LogP contribution in [0.5, 0.6) is 11.5 Å². The summed E-state index contributed by atoms with van der Waals surface area (Å²) in [4.78, 5) is 13.6. The summed E-state index contributed by atoms with van der Waals surface area (Å²) in [6.45, 7) is 3.56. The van der Waals surface area contributed by atoms with Gasteiger partial charge >= 0.3 is 0 Å². The van der Waals surface area contributed by atoms with Gasteiger partial charge in [0.2, 0.25) is 0 Å². The van der Waals surface area contributed by atoms with Crippen LogP contribution in [-0.2, 0) is 6.61 Å². The van der Waals surface area contributed by atoms with Crippen LogP contribution < -0.4 is 15.5 Å². The van der Waals surface area contributed by atoms with Crippen molar-refractivity contribution in [1.82, 2.24) is 5.32 Å². The van der Waals surface area contributed by atoms with Crippen molar-refractivity contribution in [2.24, 2.45) is 5.92 Å². The molecule has 3 heterocycles. The lowest BCUT2D eigenvalue weighted by molar-refractivity contribution is 0.176. The van der Waals surface area contributed by atoms with Crippen molar-refractivity contribution < 1.29 is 19.4 Å². The fourth-order valence-electron chi connectivity index (χ4n) is 3.94. The number of fused-ring (bicyclic) bond motifs is 1. The molecule has 2 atom stereocenters. The summed E-state index contributed by atoms with van der Waals surface area (Å²) in [7, 11) is 0. The first-order chi connectivity index (χ1) is 13.6. The first kappa shape index (κ1) is 19.0. The van der Waals surface area contributed by atoms with Gasteiger partial charge in [-0.15, -0.1) is 11.3 Å². The molecule has 1 aliphatic rings. The lowest BCUT2D eigenvalue weighted by Gasteiger charge is -2.32. The maximum atomic E-state index is 12.5. The van der Waals surface area contributed by atoms with E-state index < -0.39 is 0 Å². The smallest absolute Gasteiger partial charge is 0.196 e. The van der Waals surface area contributed by atoms with Gasteiger partial charge in [0, 0.05) is 41.6 Å². The molecule has 0 radical (unpaired) electrons. The van der Waals surface area contributed by atoms with Gasteiger partial charge in [0.25, 0.3) is 0 Å². The van der Waals surface area contributed by atoms with Crippen molar-refractivity contribution in [3.8, 4) is 11.5 Å². The van der Waals surface area contributed by atoms with Gasteiger partial charge in [-0.3, -0.25) is 4.79 Å². The third kappa shape index (κ3) is 3.53. The van der Waals surface area contributed by atoms with E-state index >= 15 is 0 Å². The summed E-state index contributed by atoms with van der Waals surface area (Å²) >= 11 is 1.59. The largest absolute Gasteiger partial charge is 0.507 e. The molecule has 2 unspecified atom stereocenters. The molecule has 7 heteroatoms. The van der Waals surface area contributed by atoms with Gasteiger partial charge in [0.15, 0.2) is 5.43 Å². The van der Waals surface area contributed by atoms with Crippen molar-refractivity contribution in [3.63, 3.8) is 0 Å². The van der Waals surface area contributed by atoms with E-state index in [0.717, 1.165) is 23.4 Å². The number of piperidine rings is 1. The van der Waals surface area contributed by atoms with Crippen LogP contribution in [0.25, 0.3) is 11.0 Å². The van der Waals surface area contributed by atoms with Crippen LogP contribution in [0.15, 0.2) is 38.9 Å². The molecular weight excluding hydrogens is 378 g/mol. The molecule has 1 saturated heterocycles. The predicted molar refractivity (Wildman–Crippen MR) is 108 cm³/mol. The number of hydrogen-bond acceptors (Lipinski definition) is 7. The Morgan fingerprint density at radius 3 is 3.00 bits per heavy atom. The molecule has 4 rings (SSSR count). The monoisotopic (exact) mass is 401 g/mol. The van der Waals surface area contributed by atoms with Crippen molar-refractivity contribution in [3.05, 3.63) is 56.1 Å². The predicted octanol–water partition coefficient (Wildman–Crippen LogP) is 3.13. The minimum Gasteiger partial charge on any atom is -0.507 e. The molecule has 3 aromatic rings. The van der Waals surface area contributed by atoms with E-state index in [1.807, 2.05) is 17.5 Å². The number of phenols is 1. The quantitative estimate of drug-likeness (QED) is 0.608. The van der Waals surface area contributed by atoms with Crippen LogP contribution in [0.4, 0.5) is 0 Å². The average molecular weight is 401 g/mol. The van der Waals surface area contributed by atoms with Gasteiger partial charge < -0.3 is 24.7 Å². The molecule has 0 spiro atoms. The van der Waals surface area contributed by atoms with Crippen molar-refractivity contribution in [2.75, 3.05) is 19.7 Å². The Bertz CT molecular complexity index is 1030. The first-order valence-electron chi connectivity index (χ1n) is 9.35. The van der Waals surface area contributed by atoms with Gasteiger partial charge in [-0.2, -0.15) is 0 Å². The third-order valence-corrected chi connectivity index (χ3v) is 6.12. The summed E-state index contributed by atoms with van der Waals surface area (Å²) in [6.07, 6.45) is 0.776. The average Bonchev–Trinajstić information content (AvgIpc) is 3.19. The second-order valence-electron chi connectivity index (χ2n) is 7.14. The van der Waals surface area contributed by atoms with E-state index in [1.54, 1.807) is 18.3 Å². The highest BCUT2D eigenvalue weighted by Gasteiger charge is 2.32. The maximum Gasteiger partial charge on any atom is 0.196 e. The summed E-state index contributed by atoms with van der Waals surface area (Å²) < 4.78 is 12.0. The highest BCUT2D eigenvalue weighted by atomic mass is 32.1. The Labute approximate surface area is 166 Å². The number of rotatable bonds is 5. The third-order valence-electron chi connectivity index (χ3n) is 5.27. The second kappa shape index (κ2) is 7.95. The van der Waals surface area contributed by atoms with Crippen molar-refractivity contribution >= 4 is 22.3 Å². The van der Waals surface area contributed by atoms with Crippen LogP contribution >= 0.6 is 11.3 Å². The molecule has 1 fully saturated rings. The fourth-order valence-corrected chi connectivity index (χ4v) is 4.55. The van der Waals surface area contributed by atoms with Gasteiger partial charge in [0.05, 0.1) is 0 Å². The van der Waals surface area contributed by atoms with Crippen LogP contribution in [0, 0.1) is 12.8 Å². The molecule has 1 aromatic carbocycles. The highest BCUT2D eigenvalue weighted by Crippen LogP contribution is 2.43. The van der Waals surface area contributed by atoms with Crippen LogP contribution in [0.3, 0.4) is 0 Å². The Balaban J connectivity index is 1.89. The van der Waals surface area contributed by atoms with Crippen LogP contribution in [0.2, 0.25) is 0 Å². The summed E-state index contributed by atoms with van der Waals surface area (Å²) in [5, 5.41) is 25.9. The van der Waals surface area contributed by atoms with Gasteiger partial charge in [0.1, 0.15) is 34.8 Å². The van der Waals surface area contributed by atoms with E-state index in [4.69, 9.17) is 9.15 Å². The van der Waals surface area contributed by atoms with E-state index in [9.17, 15) is 15.0 Å². The lowest BCUT2D eigenvalue weighted by Crippen LogP contribution is -2.37. The Morgan fingerprint density at radius 2 is 2.25 bits per heavy atom. The van der Waals surface area contributed by atoms with Gasteiger partial charge in [-0.05, 0) is 37.3 Å². The highest BCUT2D eigenvalue weighted by molar-refractivity contribution is 7.09. The zero-order valence-electron chi connectivity index (χ0n) is 15.6. The normalized spacial score (nSPS) is 19.8. The number of nitrogens with one attached hydrogen (secondary N) is 1. The minimum absolute atomic E-state index is 0.0143. The summed E-state index contributed by atoms with van der Waals surface area (Å²) in [5.41, 5.74) is 0.832. The fraction of sp³-hybridized carbons (Fsp3) is 0.381. The van der Waals surface area contributed by atoms with E-state index in [2.05, 4.69) is 5.32 Å². The molecule has 1 aliphatic heterocycles. The Morgan fingerprint density at radius 1 is 1.39 bits per heavy atom. The van der Waals surface area contributed by atoms with Crippen LogP contribution in [-0.4, -0.2) is 29.9 Å². The number of phenolic OH excluding ortho intramolecular Hbond substituents is 1. The Hall–Kier alpha value is -2.35. The molecule has 6 nitrogen and oxygen atoms in total. The molecule has 0 bridgehead atoms. The number of hydrogen-bond donors (Lipinski definition) is 3. The topological polar surface area (TPSA) is 91.9 Å². The molecule has 0 aliphatic carbocycles. The van der Waals surface area contributed by atoms with Crippen molar-refractivity contribution in [2.45, 2.75) is 25.9 Å². The molecule has 28 heavy (non-hydrogen) atoms. The SMILES string of the molecule is Cc1cc(=O)c2c(O)cc(OCc3cccs3)c(C3CCNCC3CO)c2o1. The van der Waals surface area contributed by atoms with E-state index in [-0.39, 0.29) is 35.0 Å². The Kier molecular flexibility index (Phi) is 5.39. The van der Waals surface area contributed by atoms with E-state index in [0.29, 0.717) is 30.2 Å². The van der Waals surface area contributed by atoms with Gasteiger partial charge in [-0.25, -0.2) is 0 Å². The summed E-state index contributed by atoms with van der Waals surface area (Å²) in [5.74, 6) is 0.748. The number of aliphatic hydroxyl groups is 1. The summed E-state index contributed by atoms with van der Waals surface area (Å²) in [6, 6.07) is 6.83. The van der Waals surface area contributed by atoms with Crippen LogP contribution in [0.1, 0.15) is 28.5 Å². The number of benzene rings is 1. The number of aryl methyl sites for hydroxylation is 1. The van der Waals surface area contributed by atoms with Gasteiger partial charge in [-0.1, -0.05) is 6.07 Å². The number of thiophene rings is 1. The minimum atomic E-state index is -0.281. The number of aromatic hydroxyl groups is 1. The molecule has 0 amide bonds. The molecule has 2 aromatic heterocycles. The maximum absolute atomic E-state index is 12.5. The van der Waals surface area contributed by atoms with E-state index in [1.165, 1.54) is 12.1 Å². The zero-order valence-corrected chi connectivity index (χ0v) is 16.4. The zero-order chi connectivity index (χ0) is 19.7. The second-order valence-corrected chi connectivity index (χ2v) is 8.18. The first-order valence-corrected chi connectivity index (χ1v) is 10.2. The molecule has 148 valence electrons. The molecular formula is C21H23NO5S. The molecule has 3 N–H and O–H groups in total. The van der Waals surface area contributed by atoms with Crippen molar-refractivity contribution in [1.29, 1.82) is 0 Å². The number of ether oxygens (including phenoxy) is 1. The molecule has 0 saturated carbocycles. The lowest BCUT2D eigenvalue weighted by atomic mass is 9.80. The number of aliphatic hydroxyl groups excluding tert-OH is 1.